The number of hydrogen-bond acceptors (Lipinski definition) is 2. The number of hydrogen-bond donors (Lipinski definition) is 1. The molecule has 0 radical (unpaired) electrons. The molecule has 0 unspecified atom stereocenters. The Labute approximate surface area is 88.5 Å². The molecule has 4 nitrogen and oxygen atoms in total. The van der Waals surface area contributed by atoms with Crippen LogP contribution < -0.4 is 0 Å². The molecule has 0 aromatic carbocycles. The minimum atomic E-state index is -0.936. The Balaban J connectivity index is 2.83. The van der Waals surface area contributed by atoms with Gasteiger partial charge in [-0.1, -0.05) is 0 Å². The number of aliphatic carboxylic acids is 1. The highest BCUT2D eigenvalue weighted by Crippen LogP contribution is 2.15. The van der Waals surface area contributed by atoms with Gasteiger partial charge in [-0.3, -0.25) is 9.59 Å². The highest BCUT2D eigenvalue weighted by molar-refractivity contribution is 5.98. The van der Waals surface area contributed by atoms with E-state index in [1.165, 1.54) is 0 Å². The predicted octanol–water partition coefficient (Wildman–Crippen LogP) is 1.69. The van der Waals surface area contributed by atoms with Crippen LogP contribution in [-0.4, -0.2) is 21.4 Å². The molecule has 0 saturated carbocycles. The van der Waals surface area contributed by atoms with E-state index in [9.17, 15) is 9.59 Å². The van der Waals surface area contributed by atoms with E-state index >= 15 is 0 Å². The van der Waals surface area contributed by atoms with Crippen molar-refractivity contribution in [3.63, 3.8) is 0 Å². The standard InChI is InChI=1S/C11H15NO3/c1-7-6-9(8(2)12(7)3)10(13)4-5-11(14)15/h6H,4-5H2,1-3H3,(H,14,15). The molecule has 0 fully saturated rings. The maximum atomic E-state index is 11.7. The first kappa shape index (κ1) is 11.5. The molecular weight excluding hydrogens is 194 g/mol. The smallest absolute Gasteiger partial charge is 0.303 e. The van der Waals surface area contributed by atoms with Gasteiger partial charge in [0.1, 0.15) is 0 Å². The average Bonchev–Trinajstić information content (AvgIpc) is 2.42. The van der Waals surface area contributed by atoms with Gasteiger partial charge in [0, 0.05) is 30.4 Å². The van der Waals surface area contributed by atoms with Crippen LogP contribution in [0.2, 0.25) is 0 Å². The Morgan fingerprint density at radius 2 is 1.93 bits per heavy atom. The molecule has 0 saturated heterocycles. The molecular formula is C11H15NO3. The van der Waals surface area contributed by atoms with Crippen LogP contribution in [-0.2, 0) is 11.8 Å². The molecule has 1 aromatic heterocycles. The second-order valence-corrected chi connectivity index (χ2v) is 3.66. The van der Waals surface area contributed by atoms with E-state index < -0.39 is 5.97 Å². The van der Waals surface area contributed by atoms with Gasteiger partial charge in [-0.25, -0.2) is 0 Å². The topological polar surface area (TPSA) is 59.3 Å². The second-order valence-electron chi connectivity index (χ2n) is 3.66. The normalized spacial score (nSPS) is 10.3. The monoisotopic (exact) mass is 209 g/mol. The van der Waals surface area contributed by atoms with E-state index in [1.54, 1.807) is 6.07 Å². The van der Waals surface area contributed by atoms with E-state index in [0.717, 1.165) is 11.4 Å². The fourth-order valence-electron chi connectivity index (χ4n) is 1.49. The van der Waals surface area contributed by atoms with Gasteiger partial charge in [0.2, 0.25) is 0 Å². The quantitative estimate of drug-likeness (QED) is 0.767. The zero-order chi connectivity index (χ0) is 11.6. The Bertz CT molecular complexity index is 404. The highest BCUT2D eigenvalue weighted by atomic mass is 16.4. The van der Waals surface area contributed by atoms with Crippen molar-refractivity contribution in [1.82, 2.24) is 4.57 Å². The van der Waals surface area contributed by atoms with Crippen molar-refractivity contribution in [2.24, 2.45) is 7.05 Å². The van der Waals surface area contributed by atoms with Crippen LogP contribution in [0.1, 0.15) is 34.6 Å². The van der Waals surface area contributed by atoms with Gasteiger partial charge in [-0.05, 0) is 19.9 Å². The molecule has 0 aliphatic rings. The molecule has 82 valence electrons. The first-order chi connectivity index (χ1) is 6.93. The minimum absolute atomic E-state index is 0.0691. The second kappa shape index (κ2) is 4.29. The third-order valence-corrected chi connectivity index (χ3v) is 2.64. The number of carboxylic acid groups (broad SMARTS) is 1. The maximum absolute atomic E-state index is 11.7. The molecule has 0 amide bonds. The summed E-state index contributed by atoms with van der Waals surface area (Å²) in [4.78, 5) is 22.0. The number of rotatable bonds is 4. The van der Waals surface area contributed by atoms with Gasteiger partial charge in [0.15, 0.2) is 5.78 Å². The van der Waals surface area contributed by atoms with Crippen LogP contribution in [0.25, 0.3) is 0 Å². The van der Waals surface area contributed by atoms with Crippen molar-refractivity contribution < 1.29 is 14.7 Å². The van der Waals surface area contributed by atoms with Gasteiger partial charge < -0.3 is 9.67 Å². The van der Waals surface area contributed by atoms with Crippen molar-refractivity contribution in [3.05, 3.63) is 23.0 Å². The summed E-state index contributed by atoms with van der Waals surface area (Å²) in [5, 5.41) is 8.48. The Morgan fingerprint density at radius 1 is 1.33 bits per heavy atom. The molecule has 1 N–H and O–H groups in total. The molecule has 1 rings (SSSR count). The minimum Gasteiger partial charge on any atom is -0.481 e. The maximum Gasteiger partial charge on any atom is 0.303 e. The van der Waals surface area contributed by atoms with Crippen LogP contribution in [0.4, 0.5) is 0 Å². The van der Waals surface area contributed by atoms with Crippen LogP contribution in [0, 0.1) is 13.8 Å². The summed E-state index contributed by atoms with van der Waals surface area (Å²) in [6.45, 7) is 3.78. The number of aryl methyl sites for hydroxylation is 1. The number of nitrogens with zero attached hydrogens (tertiary/aromatic N) is 1. The predicted molar refractivity (Wildman–Crippen MR) is 56.1 cm³/mol. The van der Waals surface area contributed by atoms with E-state index in [4.69, 9.17) is 5.11 Å². The van der Waals surface area contributed by atoms with Crippen LogP contribution >= 0.6 is 0 Å². The van der Waals surface area contributed by atoms with Gasteiger partial charge in [-0.2, -0.15) is 0 Å². The Hall–Kier alpha value is -1.58. The van der Waals surface area contributed by atoms with Crippen LogP contribution in [0.3, 0.4) is 0 Å². The first-order valence-electron chi connectivity index (χ1n) is 4.81. The molecule has 0 atom stereocenters. The summed E-state index contributed by atoms with van der Waals surface area (Å²) in [6.07, 6.45) is -0.0359. The van der Waals surface area contributed by atoms with Crippen LogP contribution in [0.5, 0.6) is 0 Å². The third kappa shape index (κ3) is 2.46. The molecule has 0 bridgehead atoms. The lowest BCUT2D eigenvalue weighted by Crippen LogP contribution is -2.05. The summed E-state index contributed by atoms with van der Waals surface area (Å²) in [5.41, 5.74) is 2.53. The number of Topliss-reactive ketones (excluding diaryl/α,β-unsaturated/α-hetero) is 1. The largest absolute Gasteiger partial charge is 0.481 e. The molecule has 0 spiro atoms. The van der Waals surface area contributed by atoms with E-state index in [1.807, 2.05) is 25.5 Å². The van der Waals surface area contributed by atoms with Crippen molar-refractivity contribution in [2.45, 2.75) is 26.7 Å². The van der Waals surface area contributed by atoms with Crippen molar-refractivity contribution in [1.29, 1.82) is 0 Å². The lowest BCUT2D eigenvalue weighted by atomic mass is 10.1. The van der Waals surface area contributed by atoms with Crippen molar-refractivity contribution in [2.75, 3.05) is 0 Å². The molecule has 1 heterocycles. The zero-order valence-electron chi connectivity index (χ0n) is 9.20. The highest BCUT2D eigenvalue weighted by Gasteiger charge is 2.14. The molecule has 0 aliphatic heterocycles. The van der Waals surface area contributed by atoms with E-state index in [0.29, 0.717) is 5.56 Å². The lowest BCUT2D eigenvalue weighted by Gasteiger charge is -2.01. The van der Waals surface area contributed by atoms with E-state index in [2.05, 4.69) is 0 Å². The molecule has 4 heteroatoms. The zero-order valence-corrected chi connectivity index (χ0v) is 9.20. The Morgan fingerprint density at radius 3 is 2.33 bits per heavy atom. The fourth-order valence-corrected chi connectivity index (χ4v) is 1.49. The summed E-state index contributed by atoms with van der Waals surface area (Å²) in [7, 11) is 1.89. The van der Waals surface area contributed by atoms with E-state index in [-0.39, 0.29) is 18.6 Å². The number of carbonyl (C=O) groups excluding carboxylic acids is 1. The number of carbonyl (C=O) groups is 2. The van der Waals surface area contributed by atoms with Crippen molar-refractivity contribution >= 4 is 11.8 Å². The summed E-state index contributed by atoms with van der Waals surface area (Å²) in [5.74, 6) is -1.03. The van der Waals surface area contributed by atoms with Gasteiger partial charge in [-0.15, -0.1) is 0 Å². The number of ketones is 1. The van der Waals surface area contributed by atoms with Crippen molar-refractivity contribution in [3.8, 4) is 0 Å². The summed E-state index contributed by atoms with van der Waals surface area (Å²) in [6, 6.07) is 1.81. The SMILES string of the molecule is Cc1cc(C(=O)CCC(=O)O)c(C)n1C. The third-order valence-electron chi connectivity index (χ3n) is 2.64. The number of carboxylic acids is 1. The Kier molecular flexibility index (Phi) is 3.29. The molecule has 0 aliphatic carbocycles. The summed E-state index contributed by atoms with van der Waals surface area (Å²) >= 11 is 0. The fraction of sp³-hybridized carbons (Fsp3) is 0.455. The first-order valence-corrected chi connectivity index (χ1v) is 4.81. The molecule has 1 aromatic rings. The lowest BCUT2D eigenvalue weighted by molar-refractivity contribution is -0.136. The average molecular weight is 209 g/mol. The summed E-state index contributed by atoms with van der Waals surface area (Å²) < 4.78 is 1.92. The molecule has 15 heavy (non-hydrogen) atoms. The van der Waals surface area contributed by atoms with Crippen LogP contribution in [0.15, 0.2) is 6.07 Å². The van der Waals surface area contributed by atoms with Gasteiger partial charge >= 0.3 is 5.97 Å². The van der Waals surface area contributed by atoms with Gasteiger partial charge in [0.25, 0.3) is 0 Å². The van der Waals surface area contributed by atoms with Gasteiger partial charge in [0.05, 0.1) is 6.42 Å². The number of aromatic nitrogens is 1.